The van der Waals surface area contributed by atoms with Crippen molar-refractivity contribution in [1.82, 2.24) is 9.80 Å². The second kappa shape index (κ2) is 12.2. The summed E-state index contributed by atoms with van der Waals surface area (Å²) in [7, 11) is 0. The van der Waals surface area contributed by atoms with Crippen molar-refractivity contribution in [2.24, 2.45) is 0 Å². The summed E-state index contributed by atoms with van der Waals surface area (Å²) in [4.78, 5) is 45.6. The maximum absolute atomic E-state index is 12.9. The summed E-state index contributed by atoms with van der Waals surface area (Å²) in [6, 6.07) is 24.6. The molecule has 4 rings (SSSR count). The zero-order chi connectivity index (χ0) is 26.1. The number of nitro groups is 1. The van der Waals surface area contributed by atoms with Crippen LogP contribution in [-0.4, -0.2) is 69.0 Å². The van der Waals surface area contributed by atoms with Gasteiger partial charge in [0.15, 0.2) is 0 Å². The van der Waals surface area contributed by atoms with Crippen molar-refractivity contribution in [3.05, 3.63) is 100 Å². The number of hydrogen-bond acceptors (Lipinski definition) is 6. The predicted octanol–water partition coefficient (Wildman–Crippen LogP) is 3.38. The summed E-state index contributed by atoms with van der Waals surface area (Å²) in [5.74, 6) is -3.59. The van der Waals surface area contributed by atoms with E-state index in [1.165, 1.54) is 12.1 Å². The maximum Gasteiger partial charge on any atom is 0.414 e. The molecule has 10 nitrogen and oxygen atoms in total. The predicted molar refractivity (Wildman–Crippen MR) is 131 cm³/mol. The smallest absolute Gasteiger partial charge is 0.414 e. The van der Waals surface area contributed by atoms with E-state index in [0.29, 0.717) is 18.7 Å². The van der Waals surface area contributed by atoms with E-state index in [0.717, 1.165) is 36.3 Å². The molecule has 1 fully saturated rings. The standard InChI is InChI=1S/C24H23N3O3.C2H2O4/c28-24(22-10-8-21(9-11-22)20-4-2-1-3-5-20)26-16-14-25(15-17-26)18-19-6-12-23(13-7-19)27(29)30;3-1(4)2(5)6/h1-13H,14-18H2;(H,3,4)(H,5,6). The van der Waals surface area contributed by atoms with Crippen molar-refractivity contribution in [2.45, 2.75) is 6.54 Å². The zero-order valence-electron chi connectivity index (χ0n) is 19.3. The van der Waals surface area contributed by atoms with Gasteiger partial charge in [0.2, 0.25) is 0 Å². The molecule has 0 radical (unpaired) electrons. The Labute approximate surface area is 207 Å². The van der Waals surface area contributed by atoms with Crippen molar-refractivity contribution in [1.29, 1.82) is 0 Å². The molecule has 0 aliphatic carbocycles. The van der Waals surface area contributed by atoms with Gasteiger partial charge in [-0.3, -0.25) is 19.8 Å². The van der Waals surface area contributed by atoms with E-state index in [4.69, 9.17) is 19.8 Å². The molecule has 3 aromatic rings. The number of aliphatic carboxylic acids is 2. The number of amides is 1. The first kappa shape index (κ1) is 26.0. The van der Waals surface area contributed by atoms with Gasteiger partial charge in [-0.05, 0) is 28.8 Å². The minimum absolute atomic E-state index is 0.0598. The van der Waals surface area contributed by atoms with Crippen molar-refractivity contribution < 1.29 is 29.5 Å². The van der Waals surface area contributed by atoms with Crippen LogP contribution < -0.4 is 0 Å². The molecule has 1 aliphatic rings. The molecular weight excluding hydrogens is 466 g/mol. The second-order valence-corrected chi connectivity index (χ2v) is 8.05. The maximum atomic E-state index is 12.9. The highest BCUT2D eigenvalue weighted by Gasteiger charge is 2.22. The fourth-order valence-corrected chi connectivity index (χ4v) is 3.71. The van der Waals surface area contributed by atoms with Gasteiger partial charge in [0.25, 0.3) is 11.6 Å². The average molecular weight is 492 g/mol. The van der Waals surface area contributed by atoms with Gasteiger partial charge in [-0.2, -0.15) is 0 Å². The van der Waals surface area contributed by atoms with Gasteiger partial charge < -0.3 is 15.1 Å². The molecule has 0 saturated carbocycles. The number of non-ortho nitro benzene ring substituents is 1. The number of hydrogen-bond donors (Lipinski definition) is 2. The lowest BCUT2D eigenvalue weighted by atomic mass is 10.0. The highest BCUT2D eigenvalue weighted by Crippen LogP contribution is 2.20. The molecule has 10 heteroatoms. The van der Waals surface area contributed by atoms with Crippen LogP contribution in [0.2, 0.25) is 0 Å². The molecule has 186 valence electrons. The number of piperazine rings is 1. The van der Waals surface area contributed by atoms with Crippen LogP contribution >= 0.6 is 0 Å². The summed E-state index contributed by atoms with van der Waals surface area (Å²) in [6.45, 7) is 3.64. The molecule has 0 atom stereocenters. The summed E-state index contributed by atoms with van der Waals surface area (Å²) in [6.07, 6.45) is 0. The molecule has 0 spiro atoms. The van der Waals surface area contributed by atoms with E-state index in [-0.39, 0.29) is 16.5 Å². The Balaban J connectivity index is 0.000000538. The quantitative estimate of drug-likeness (QED) is 0.314. The average Bonchev–Trinajstić information content (AvgIpc) is 2.90. The third kappa shape index (κ3) is 7.21. The van der Waals surface area contributed by atoms with Crippen LogP contribution in [0.3, 0.4) is 0 Å². The molecule has 0 unspecified atom stereocenters. The Kier molecular flexibility index (Phi) is 8.84. The van der Waals surface area contributed by atoms with Crippen LogP contribution in [0.1, 0.15) is 15.9 Å². The highest BCUT2D eigenvalue weighted by atomic mass is 16.6. The van der Waals surface area contributed by atoms with Crippen LogP contribution in [0, 0.1) is 10.1 Å². The van der Waals surface area contributed by atoms with Crippen molar-refractivity contribution >= 4 is 23.5 Å². The van der Waals surface area contributed by atoms with Crippen LogP contribution in [0.15, 0.2) is 78.9 Å². The van der Waals surface area contributed by atoms with E-state index in [1.54, 1.807) is 12.1 Å². The van der Waals surface area contributed by atoms with Crippen LogP contribution in [0.5, 0.6) is 0 Å². The van der Waals surface area contributed by atoms with Gasteiger partial charge in [-0.25, -0.2) is 9.59 Å². The second-order valence-electron chi connectivity index (χ2n) is 8.05. The highest BCUT2D eigenvalue weighted by molar-refractivity contribution is 6.27. The van der Waals surface area contributed by atoms with Crippen LogP contribution in [0.4, 0.5) is 5.69 Å². The van der Waals surface area contributed by atoms with E-state index in [9.17, 15) is 14.9 Å². The summed E-state index contributed by atoms with van der Waals surface area (Å²) in [5, 5.41) is 25.6. The van der Waals surface area contributed by atoms with Crippen molar-refractivity contribution in [3.8, 4) is 11.1 Å². The molecular formula is C26H25N3O7. The topological polar surface area (TPSA) is 141 Å². The Bertz CT molecular complexity index is 1190. The Morgan fingerprint density at radius 2 is 1.28 bits per heavy atom. The number of rotatable bonds is 5. The zero-order valence-corrected chi connectivity index (χ0v) is 19.3. The van der Waals surface area contributed by atoms with Gasteiger partial charge in [-0.15, -0.1) is 0 Å². The molecule has 1 heterocycles. The molecule has 3 aromatic carbocycles. The van der Waals surface area contributed by atoms with Gasteiger partial charge in [0.05, 0.1) is 4.92 Å². The molecule has 1 saturated heterocycles. The number of benzene rings is 3. The molecule has 0 aromatic heterocycles. The summed E-state index contributed by atoms with van der Waals surface area (Å²) in [5.41, 5.74) is 4.08. The lowest BCUT2D eigenvalue weighted by Crippen LogP contribution is -2.48. The van der Waals surface area contributed by atoms with Crippen molar-refractivity contribution in [3.63, 3.8) is 0 Å². The van der Waals surface area contributed by atoms with E-state index >= 15 is 0 Å². The van der Waals surface area contributed by atoms with Gasteiger partial charge in [0.1, 0.15) is 0 Å². The lowest BCUT2D eigenvalue weighted by Gasteiger charge is -2.34. The monoisotopic (exact) mass is 491 g/mol. The first-order valence-corrected chi connectivity index (χ1v) is 11.1. The Hall–Kier alpha value is -4.57. The molecule has 0 bridgehead atoms. The summed E-state index contributed by atoms with van der Waals surface area (Å²) >= 11 is 0. The fourth-order valence-electron chi connectivity index (χ4n) is 3.71. The van der Waals surface area contributed by atoms with E-state index < -0.39 is 11.9 Å². The van der Waals surface area contributed by atoms with Crippen molar-refractivity contribution in [2.75, 3.05) is 26.2 Å². The number of nitrogens with zero attached hydrogens (tertiary/aromatic N) is 3. The summed E-state index contributed by atoms with van der Waals surface area (Å²) < 4.78 is 0. The Morgan fingerprint density at radius 3 is 1.78 bits per heavy atom. The number of carbonyl (C=O) groups excluding carboxylic acids is 1. The van der Waals surface area contributed by atoms with Gasteiger partial charge >= 0.3 is 11.9 Å². The first-order chi connectivity index (χ1) is 17.2. The number of carbonyl (C=O) groups is 3. The Morgan fingerprint density at radius 1 is 0.750 bits per heavy atom. The van der Waals surface area contributed by atoms with Crippen LogP contribution in [-0.2, 0) is 16.1 Å². The number of carboxylic acid groups (broad SMARTS) is 2. The molecule has 1 amide bonds. The minimum Gasteiger partial charge on any atom is -0.473 e. The van der Waals surface area contributed by atoms with E-state index in [1.807, 2.05) is 47.4 Å². The third-order valence-electron chi connectivity index (χ3n) is 5.63. The molecule has 1 aliphatic heterocycles. The molecule has 36 heavy (non-hydrogen) atoms. The molecule has 2 N–H and O–H groups in total. The van der Waals surface area contributed by atoms with Gasteiger partial charge in [-0.1, -0.05) is 54.6 Å². The lowest BCUT2D eigenvalue weighted by molar-refractivity contribution is -0.384. The van der Waals surface area contributed by atoms with E-state index in [2.05, 4.69) is 17.0 Å². The number of carboxylic acids is 2. The van der Waals surface area contributed by atoms with Gasteiger partial charge in [0, 0.05) is 50.4 Å². The number of nitro benzene ring substituents is 1. The normalized spacial score (nSPS) is 13.3. The van der Waals surface area contributed by atoms with Crippen LogP contribution in [0.25, 0.3) is 11.1 Å². The largest absolute Gasteiger partial charge is 0.473 e. The third-order valence-corrected chi connectivity index (χ3v) is 5.63. The first-order valence-electron chi connectivity index (χ1n) is 11.1. The minimum atomic E-state index is -1.82. The SMILES string of the molecule is O=C(O)C(=O)O.O=C(c1ccc(-c2ccccc2)cc1)N1CCN(Cc2ccc([N+](=O)[O-])cc2)CC1. The fraction of sp³-hybridized carbons (Fsp3) is 0.192.